The molecule has 2 aromatic carbocycles. The summed E-state index contributed by atoms with van der Waals surface area (Å²) in [4.78, 5) is 51.8. The van der Waals surface area contributed by atoms with Gasteiger partial charge in [-0.15, -0.1) is 0 Å². The van der Waals surface area contributed by atoms with Gasteiger partial charge >= 0.3 is 5.97 Å². The second-order valence-electron chi connectivity index (χ2n) is 7.95. The van der Waals surface area contributed by atoms with Crippen molar-refractivity contribution >= 4 is 29.3 Å². The number of rotatable bonds is 6. The Labute approximate surface area is 185 Å². The summed E-state index contributed by atoms with van der Waals surface area (Å²) in [5.41, 5.74) is 0.884. The van der Waals surface area contributed by atoms with Crippen molar-refractivity contribution in [2.75, 3.05) is 18.6 Å². The lowest BCUT2D eigenvalue weighted by atomic mass is 9.78. The summed E-state index contributed by atoms with van der Waals surface area (Å²) in [5, 5.41) is 0. The third kappa shape index (κ3) is 3.93. The average Bonchev–Trinajstić information content (AvgIpc) is 3.08. The Hall–Kier alpha value is -3.74. The molecule has 0 spiro atoms. The number of hydrogen-bond donors (Lipinski definition) is 0. The van der Waals surface area contributed by atoms with E-state index in [1.54, 1.807) is 36.4 Å². The Bertz CT molecular complexity index is 1100. The van der Waals surface area contributed by atoms with Crippen LogP contribution in [0.15, 0.2) is 60.7 Å². The standard InChI is InChI=1S/C25H23NO6/c1-15-5-3-8-20-22(15)24(29)26(23(20)28)18-7-4-6-17(13-18)25(30)32-14-21(27)16-9-11-19(31-2)12-10-16/h3-7,9-13,15,20,22H,8,14H2,1-2H3/t15-,20+,22+/m0/s1. The van der Waals surface area contributed by atoms with Crippen LogP contribution >= 0.6 is 0 Å². The lowest BCUT2D eigenvalue weighted by Gasteiger charge is -2.22. The van der Waals surface area contributed by atoms with E-state index in [0.717, 1.165) is 4.90 Å². The number of amides is 2. The molecule has 1 heterocycles. The number of hydrogen-bond acceptors (Lipinski definition) is 6. The Balaban J connectivity index is 1.45. The van der Waals surface area contributed by atoms with E-state index in [1.807, 2.05) is 19.1 Å². The molecule has 1 fully saturated rings. The molecule has 0 radical (unpaired) electrons. The van der Waals surface area contributed by atoms with Crippen molar-refractivity contribution in [2.45, 2.75) is 13.3 Å². The zero-order valence-electron chi connectivity index (χ0n) is 17.8. The third-order valence-corrected chi connectivity index (χ3v) is 5.96. The molecular formula is C25H23NO6. The molecule has 0 unspecified atom stereocenters. The van der Waals surface area contributed by atoms with Gasteiger partial charge in [0.25, 0.3) is 0 Å². The minimum Gasteiger partial charge on any atom is -0.497 e. The van der Waals surface area contributed by atoms with E-state index in [9.17, 15) is 19.2 Å². The number of anilines is 1. The Morgan fingerprint density at radius 2 is 1.78 bits per heavy atom. The molecular weight excluding hydrogens is 410 g/mol. The van der Waals surface area contributed by atoms with Crippen LogP contribution < -0.4 is 9.64 Å². The van der Waals surface area contributed by atoms with Gasteiger partial charge in [0.15, 0.2) is 12.4 Å². The van der Waals surface area contributed by atoms with Gasteiger partial charge in [0, 0.05) is 5.56 Å². The van der Waals surface area contributed by atoms with Gasteiger partial charge in [-0.25, -0.2) is 4.79 Å². The predicted octanol–water partition coefficient (Wildman–Crippen LogP) is 3.44. The van der Waals surface area contributed by atoms with Gasteiger partial charge in [-0.3, -0.25) is 19.3 Å². The average molecular weight is 433 g/mol. The number of ether oxygens (including phenoxy) is 2. The van der Waals surface area contributed by atoms with Crippen molar-refractivity contribution in [2.24, 2.45) is 17.8 Å². The zero-order valence-corrected chi connectivity index (χ0v) is 17.8. The highest BCUT2D eigenvalue weighted by Crippen LogP contribution is 2.40. The number of Topliss-reactive ketones (excluding diaryl/α,β-unsaturated/α-hetero) is 1. The first kappa shape index (κ1) is 21.5. The van der Waals surface area contributed by atoms with Crippen molar-refractivity contribution in [3.8, 4) is 5.75 Å². The number of allylic oxidation sites excluding steroid dienone is 2. The fraction of sp³-hybridized carbons (Fsp3) is 0.280. The summed E-state index contributed by atoms with van der Waals surface area (Å²) < 4.78 is 10.2. The normalized spacial score (nSPS) is 21.9. The summed E-state index contributed by atoms with van der Waals surface area (Å²) in [5.74, 6) is -1.73. The number of benzene rings is 2. The summed E-state index contributed by atoms with van der Waals surface area (Å²) in [6.45, 7) is 1.50. The molecule has 1 aliphatic carbocycles. The summed E-state index contributed by atoms with van der Waals surface area (Å²) >= 11 is 0. The SMILES string of the molecule is COc1ccc(C(=O)COC(=O)c2cccc(N3C(=O)[C@@H]4[C@@H](C)C=CC[C@H]4C3=O)c2)cc1. The van der Waals surface area contributed by atoms with E-state index in [-0.39, 0.29) is 40.9 Å². The molecule has 3 atom stereocenters. The van der Waals surface area contributed by atoms with Crippen LogP contribution in [-0.2, 0) is 14.3 Å². The largest absolute Gasteiger partial charge is 0.497 e. The van der Waals surface area contributed by atoms with Crippen molar-refractivity contribution in [1.82, 2.24) is 0 Å². The number of methoxy groups -OCH3 is 1. The smallest absolute Gasteiger partial charge is 0.338 e. The van der Waals surface area contributed by atoms with E-state index in [2.05, 4.69) is 0 Å². The van der Waals surface area contributed by atoms with Crippen LogP contribution in [0.1, 0.15) is 34.1 Å². The highest BCUT2D eigenvalue weighted by Gasteiger charge is 2.50. The second kappa shape index (κ2) is 8.78. The van der Waals surface area contributed by atoms with Gasteiger partial charge in [0.2, 0.25) is 11.8 Å². The van der Waals surface area contributed by atoms with Gasteiger partial charge < -0.3 is 9.47 Å². The third-order valence-electron chi connectivity index (χ3n) is 5.96. The maximum absolute atomic E-state index is 13.0. The highest BCUT2D eigenvalue weighted by atomic mass is 16.5. The van der Waals surface area contributed by atoms with Crippen LogP contribution in [0.4, 0.5) is 5.69 Å². The molecule has 7 heteroatoms. The van der Waals surface area contributed by atoms with Gasteiger partial charge in [0.1, 0.15) is 5.75 Å². The molecule has 0 N–H and O–H groups in total. The predicted molar refractivity (Wildman–Crippen MR) is 116 cm³/mol. The van der Waals surface area contributed by atoms with Crippen LogP contribution in [0.5, 0.6) is 5.75 Å². The molecule has 1 saturated heterocycles. The molecule has 7 nitrogen and oxygen atoms in total. The molecule has 0 aromatic heterocycles. The molecule has 2 aliphatic rings. The van der Waals surface area contributed by atoms with E-state index >= 15 is 0 Å². The maximum atomic E-state index is 13.0. The highest BCUT2D eigenvalue weighted by molar-refractivity contribution is 6.22. The molecule has 0 bridgehead atoms. The van der Waals surface area contributed by atoms with Crippen LogP contribution in [-0.4, -0.2) is 37.3 Å². The van der Waals surface area contributed by atoms with E-state index in [1.165, 1.54) is 19.2 Å². The van der Waals surface area contributed by atoms with Crippen molar-refractivity contribution in [3.05, 3.63) is 71.8 Å². The first-order valence-electron chi connectivity index (χ1n) is 10.4. The fourth-order valence-electron chi connectivity index (χ4n) is 4.25. The number of fused-ring (bicyclic) bond motifs is 1. The lowest BCUT2D eigenvalue weighted by Crippen LogP contribution is -2.31. The van der Waals surface area contributed by atoms with E-state index < -0.39 is 12.6 Å². The first-order valence-corrected chi connectivity index (χ1v) is 10.4. The van der Waals surface area contributed by atoms with Crippen LogP contribution in [0.2, 0.25) is 0 Å². The quantitative estimate of drug-likeness (QED) is 0.300. The van der Waals surface area contributed by atoms with Gasteiger partial charge in [-0.05, 0) is 54.8 Å². The van der Waals surface area contributed by atoms with Crippen molar-refractivity contribution < 1.29 is 28.7 Å². The minimum absolute atomic E-state index is 0.0210. The molecule has 4 rings (SSSR count). The Morgan fingerprint density at radius 1 is 1.03 bits per heavy atom. The zero-order chi connectivity index (χ0) is 22.8. The second-order valence-corrected chi connectivity index (χ2v) is 7.95. The summed E-state index contributed by atoms with van der Waals surface area (Å²) in [6.07, 6.45) is 4.43. The van der Waals surface area contributed by atoms with Gasteiger partial charge in [-0.1, -0.05) is 25.1 Å². The Morgan fingerprint density at radius 3 is 2.47 bits per heavy atom. The fourth-order valence-corrected chi connectivity index (χ4v) is 4.25. The van der Waals surface area contributed by atoms with E-state index in [0.29, 0.717) is 23.4 Å². The number of nitrogens with zero attached hydrogens (tertiary/aromatic N) is 1. The topological polar surface area (TPSA) is 90.0 Å². The number of imide groups is 1. The summed E-state index contributed by atoms with van der Waals surface area (Å²) in [6, 6.07) is 12.7. The summed E-state index contributed by atoms with van der Waals surface area (Å²) in [7, 11) is 1.53. The number of esters is 1. The maximum Gasteiger partial charge on any atom is 0.338 e. The molecule has 1 aliphatic heterocycles. The van der Waals surface area contributed by atoms with Gasteiger partial charge in [-0.2, -0.15) is 0 Å². The van der Waals surface area contributed by atoms with Crippen LogP contribution in [0.25, 0.3) is 0 Å². The van der Waals surface area contributed by atoms with Crippen molar-refractivity contribution in [3.63, 3.8) is 0 Å². The number of carbonyl (C=O) groups is 4. The molecule has 2 aromatic rings. The first-order chi connectivity index (χ1) is 15.4. The molecule has 32 heavy (non-hydrogen) atoms. The number of carbonyl (C=O) groups excluding carboxylic acids is 4. The molecule has 164 valence electrons. The van der Waals surface area contributed by atoms with Gasteiger partial charge in [0.05, 0.1) is 30.2 Å². The Kier molecular flexibility index (Phi) is 5.90. The number of ketones is 1. The minimum atomic E-state index is -0.708. The monoisotopic (exact) mass is 433 g/mol. The molecule has 2 amide bonds. The van der Waals surface area contributed by atoms with Crippen LogP contribution in [0.3, 0.4) is 0 Å². The van der Waals surface area contributed by atoms with Crippen LogP contribution in [0, 0.1) is 17.8 Å². The van der Waals surface area contributed by atoms with Crippen molar-refractivity contribution in [1.29, 1.82) is 0 Å². The van der Waals surface area contributed by atoms with E-state index in [4.69, 9.17) is 9.47 Å². The lowest BCUT2D eigenvalue weighted by molar-refractivity contribution is -0.122. The molecule has 0 saturated carbocycles.